The van der Waals surface area contributed by atoms with Crippen molar-refractivity contribution in [1.82, 2.24) is 19.8 Å². The van der Waals surface area contributed by atoms with Crippen LogP contribution in [0.25, 0.3) is 0 Å². The number of nitrogens with zero attached hydrogens (tertiary/aromatic N) is 4. The fourth-order valence-electron chi connectivity index (χ4n) is 2.94. The van der Waals surface area contributed by atoms with Gasteiger partial charge in [0.25, 0.3) is 0 Å². The van der Waals surface area contributed by atoms with Crippen LogP contribution in [-0.4, -0.2) is 45.9 Å². The van der Waals surface area contributed by atoms with Gasteiger partial charge in [-0.25, -0.2) is 4.39 Å². The average molecular weight is 314 g/mol. The first kappa shape index (κ1) is 16.0. The highest BCUT2D eigenvalue weighted by molar-refractivity contribution is 5.17. The number of benzene rings is 1. The molecule has 2 heterocycles. The topological polar surface area (TPSA) is 32.3 Å². The number of hydrogen-bond acceptors (Lipinski definition) is 4. The average Bonchev–Trinajstić information content (AvgIpc) is 2.77. The molecule has 1 aromatic carbocycles. The van der Waals surface area contributed by atoms with E-state index in [1.54, 1.807) is 6.07 Å². The first-order valence-electron chi connectivity index (χ1n) is 8.16. The molecule has 0 bridgehead atoms. The number of halogens is 1. The summed E-state index contributed by atoms with van der Waals surface area (Å²) in [6.45, 7) is 7.44. The van der Waals surface area contributed by atoms with Crippen LogP contribution >= 0.6 is 0 Å². The molecule has 0 spiro atoms. The van der Waals surface area contributed by atoms with Crippen molar-refractivity contribution in [3.63, 3.8) is 0 Å². The molecule has 5 heteroatoms. The van der Waals surface area contributed by atoms with Gasteiger partial charge in [-0.05, 0) is 32.5 Å². The largest absolute Gasteiger partial charge is 0.298 e. The quantitative estimate of drug-likeness (QED) is 0.868. The Kier molecular flexibility index (Phi) is 5.31. The summed E-state index contributed by atoms with van der Waals surface area (Å²) in [5.41, 5.74) is 2.74. The van der Waals surface area contributed by atoms with Crippen molar-refractivity contribution in [3.05, 3.63) is 59.4 Å². The van der Waals surface area contributed by atoms with Crippen LogP contribution in [0.3, 0.4) is 0 Å². The summed E-state index contributed by atoms with van der Waals surface area (Å²) < 4.78 is 13.8. The van der Waals surface area contributed by atoms with Crippen molar-refractivity contribution in [1.29, 1.82) is 0 Å². The lowest BCUT2D eigenvalue weighted by Gasteiger charge is -2.21. The first-order valence-corrected chi connectivity index (χ1v) is 8.16. The SMILES string of the molecule is Cc1cnc(CN2CCCN(Cc3ccccc3F)CC2)cn1. The molecule has 1 saturated heterocycles. The summed E-state index contributed by atoms with van der Waals surface area (Å²) in [7, 11) is 0. The molecule has 4 nitrogen and oxygen atoms in total. The van der Waals surface area contributed by atoms with Gasteiger partial charge in [-0.1, -0.05) is 18.2 Å². The van der Waals surface area contributed by atoms with Crippen molar-refractivity contribution < 1.29 is 4.39 Å². The molecule has 1 fully saturated rings. The summed E-state index contributed by atoms with van der Waals surface area (Å²) in [5, 5.41) is 0. The Labute approximate surface area is 137 Å². The number of hydrogen-bond donors (Lipinski definition) is 0. The van der Waals surface area contributed by atoms with Crippen molar-refractivity contribution >= 4 is 0 Å². The zero-order valence-corrected chi connectivity index (χ0v) is 13.6. The fraction of sp³-hybridized carbons (Fsp3) is 0.444. The summed E-state index contributed by atoms with van der Waals surface area (Å²) in [6.07, 6.45) is 4.77. The van der Waals surface area contributed by atoms with Gasteiger partial charge in [0, 0.05) is 44.1 Å². The van der Waals surface area contributed by atoms with E-state index in [4.69, 9.17) is 0 Å². The van der Waals surface area contributed by atoms with E-state index in [9.17, 15) is 4.39 Å². The van der Waals surface area contributed by atoms with Crippen LogP contribution in [0, 0.1) is 12.7 Å². The van der Waals surface area contributed by atoms with Crippen LogP contribution in [0.1, 0.15) is 23.4 Å². The monoisotopic (exact) mass is 314 g/mol. The molecule has 2 aromatic rings. The third kappa shape index (κ3) is 4.56. The van der Waals surface area contributed by atoms with E-state index >= 15 is 0 Å². The maximum atomic E-state index is 13.8. The van der Waals surface area contributed by atoms with E-state index in [-0.39, 0.29) is 5.82 Å². The van der Waals surface area contributed by atoms with Crippen LogP contribution in [0.5, 0.6) is 0 Å². The van der Waals surface area contributed by atoms with Gasteiger partial charge in [0.15, 0.2) is 0 Å². The molecule has 0 atom stereocenters. The van der Waals surface area contributed by atoms with E-state index in [0.717, 1.165) is 56.1 Å². The van der Waals surface area contributed by atoms with Crippen LogP contribution in [0.2, 0.25) is 0 Å². The van der Waals surface area contributed by atoms with E-state index in [1.807, 2.05) is 31.5 Å². The molecule has 23 heavy (non-hydrogen) atoms. The van der Waals surface area contributed by atoms with Crippen LogP contribution in [0.4, 0.5) is 4.39 Å². The lowest BCUT2D eigenvalue weighted by Crippen LogP contribution is -2.30. The Morgan fingerprint density at radius 3 is 2.39 bits per heavy atom. The smallest absolute Gasteiger partial charge is 0.127 e. The molecular formula is C18H23FN4. The molecule has 3 rings (SSSR count). The molecule has 0 aliphatic carbocycles. The van der Waals surface area contributed by atoms with Gasteiger partial charge in [-0.2, -0.15) is 0 Å². The summed E-state index contributed by atoms with van der Waals surface area (Å²) >= 11 is 0. The molecule has 122 valence electrons. The number of aromatic nitrogens is 2. The van der Waals surface area contributed by atoms with Gasteiger partial charge in [-0.15, -0.1) is 0 Å². The Morgan fingerprint density at radius 1 is 0.957 bits per heavy atom. The Bertz CT molecular complexity index is 629. The van der Waals surface area contributed by atoms with Crippen LogP contribution < -0.4 is 0 Å². The highest BCUT2D eigenvalue weighted by Gasteiger charge is 2.16. The van der Waals surface area contributed by atoms with Gasteiger partial charge < -0.3 is 0 Å². The molecule has 0 N–H and O–H groups in total. The van der Waals surface area contributed by atoms with Gasteiger partial charge in [0.05, 0.1) is 11.4 Å². The van der Waals surface area contributed by atoms with Crippen molar-refractivity contribution in [2.75, 3.05) is 26.2 Å². The fourth-order valence-corrected chi connectivity index (χ4v) is 2.94. The number of rotatable bonds is 4. The van der Waals surface area contributed by atoms with E-state index in [0.29, 0.717) is 6.54 Å². The number of aryl methyl sites for hydroxylation is 1. The third-order valence-electron chi connectivity index (χ3n) is 4.25. The zero-order chi connectivity index (χ0) is 16.1. The maximum Gasteiger partial charge on any atom is 0.127 e. The van der Waals surface area contributed by atoms with E-state index in [1.165, 1.54) is 6.07 Å². The molecule has 1 aliphatic heterocycles. The molecule has 0 radical (unpaired) electrons. The van der Waals surface area contributed by atoms with Gasteiger partial charge >= 0.3 is 0 Å². The second-order valence-corrected chi connectivity index (χ2v) is 6.15. The normalized spacial score (nSPS) is 17.1. The zero-order valence-electron chi connectivity index (χ0n) is 13.6. The lowest BCUT2D eigenvalue weighted by atomic mass is 10.2. The predicted molar refractivity (Wildman–Crippen MR) is 88.3 cm³/mol. The van der Waals surface area contributed by atoms with Gasteiger partial charge in [0.1, 0.15) is 5.82 Å². The Balaban J connectivity index is 1.55. The summed E-state index contributed by atoms with van der Waals surface area (Å²) in [6, 6.07) is 7.06. The predicted octanol–water partition coefficient (Wildman–Crippen LogP) is 2.63. The molecule has 0 saturated carbocycles. The highest BCUT2D eigenvalue weighted by Crippen LogP contribution is 2.13. The van der Waals surface area contributed by atoms with Gasteiger partial charge in [0.2, 0.25) is 0 Å². The summed E-state index contributed by atoms with van der Waals surface area (Å²) in [5.74, 6) is -0.108. The maximum absolute atomic E-state index is 13.8. The minimum atomic E-state index is -0.108. The Hall–Kier alpha value is -1.85. The van der Waals surface area contributed by atoms with Crippen molar-refractivity contribution in [3.8, 4) is 0 Å². The van der Waals surface area contributed by atoms with E-state index < -0.39 is 0 Å². The van der Waals surface area contributed by atoms with E-state index in [2.05, 4.69) is 19.8 Å². The standard InChI is InChI=1S/C18H23FN4/c1-15-11-21-17(12-20-15)14-23-8-4-7-22(9-10-23)13-16-5-2-3-6-18(16)19/h2-3,5-6,11-12H,4,7-10,13-14H2,1H3. The molecule has 0 unspecified atom stereocenters. The van der Waals surface area contributed by atoms with Gasteiger partial charge in [-0.3, -0.25) is 19.8 Å². The molecule has 1 aromatic heterocycles. The van der Waals surface area contributed by atoms with Crippen LogP contribution in [0.15, 0.2) is 36.7 Å². The second kappa shape index (κ2) is 7.62. The summed E-state index contributed by atoms with van der Waals surface area (Å²) in [4.78, 5) is 13.5. The minimum Gasteiger partial charge on any atom is -0.298 e. The van der Waals surface area contributed by atoms with Crippen molar-refractivity contribution in [2.45, 2.75) is 26.4 Å². The molecule has 0 amide bonds. The first-order chi connectivity index (χ1) is 11.2. The minimum absolute atomic E-state index is 0.108. The molecule has 1 aliphatic rings. The Morgan fingerprint density at radius 2 is 1.70 bits per heavy atom. The molecular weight excluding hydrogens is 291 g/mol. The van der Waals surface area contributed by atoms with Crippen LogP contribution in [-0.2, 0) is 13.1 Å². The van der Waals surface area contributed by atoms with Crippen molar-refractivity contribution in [2.24, 2.45) is 0 Å². The second-order valence-electron chi connectivity index (χ2n) is 6.15. The highest BCUT2D eigenvalue weighted by atomic mass is 19.1. The third-order valence-corrected chi connectivity index (χ3v) is 4.25. The lowest BCUT2D eigenvalue weighted by molar-refractivity contribution is 0.243.